The molecule has 0 saturated heterocycles. The van der Waals surface area contributed by atoms with Gasteiger partial charge in [0.05, 0.1) is 6.54 Å². The molecule has 0 fully saturated rings. The van der Waals surface area contributed by atoms with Crippen molar-refractivity contribution in [3.8, 4) is 17.2 Å². The van der Waals surface area contributed by atoms with Crippen molar-refractivity contribution in [2.24, 2.45) is 0 Å². The Bertz CT molecular complexity index is 1170. The van der Waals surface area contributed by atoms with Crippen LogP contribution < -0.4 is 30.3 Å². The molecule has 3 aromatic carbocycles. The van der Waals surface area contributed by atoms with Crippen LogP contribution in [0.5, 0.6) is 17.2 Å². The standard InChI is InChI=1S/C28H31N3O9/c32-25(36-20-19-30-27(34)38-22-13-6-2-7-14-22)24(31-28(35)40-39-23-15-8-3-9-16-23)17-10-18-29-26(33)37-21-11-4-1-5-12-21/h1-9,11-16,24,26,29,33H,10,17-20H2,(H,30,34)(H,31,35). The van der Waals surface area contributed by atoms with Gasteiger partial charge < -0.3 is 30.0 Å². The Balaban J connectivity index is 1.43. The summed E-state index contributed by atoms with van der Waals surface area (Å²) in [7, 11) is 0. The van der Waals surface area contributed by atoms with Crippen molar-refractivity contribution in [2.45, 2.75) is 25.3 Å². The quantitative estimate of drug-likeness (QED) is 0.0726. The van der Waals surface area contributed by atoms with Crippen LogP contribution in [0.25, 0.3) is 0 Å². The number of aliphatic hydroxyl groups excluding tert-OH is 1. The Hall–Kier alpha value is -4.81. The molecule has 3 aromatic rings. The van der Waals surface area contributed by atoms with Gasteiger partial charge in [-0.2, -0.15) is 0 Å². The maximum absolute atomic E-state index is 12.7. The Morgan fingerprint density at radius 3 is 2.00 bits per heavy atom. The van der Waals surface area contributed by atoms with E-state index in [4.69, 9.17) is 24.0 Å². The molecule has 12 heteroatoms. The van der Waals surface area contributed by atoms with Gasteiger partial charge in [0, 0.05) is 6.54 Å². The van der Waals surface area contributed by atoms with Gasteiger partial charge in [0.25, 0.3) is 6.41 Å². The van der Waals surface area contributed by atoms with Crippen molar-refractivity contribution in [3.63, 3.8) is 0 Å². The molecule has 0 saturated carbocycles. The second kappa shape index (κ2) is 16.9. The van der Waals surface area contributed by atoms with Crippen LogP contribution in [0.1, 0.15) is 12.8 Å². The highest BCUT2D eigenvalue weighted by Gasteiger charge is 2.24. The third-order valence-corrected chi connectivity index (χ3v) is 5.08. The summed E-state index contributed by atoms with van der Waals surface area (Å²) in [6, 6.07) is 24.5. The molecule has 2 amide bonds. The molecule has 0 spiro atoms. The summed E-state index contributed by atoms with van der Waals surface area (Å²) in [4.78, 5) is 46.5. The fourth-order valence-corrected chi connectivity index (χ4v) is 3.22. The van der Waals surface area contributed by atoms with Crippen LogP contribution in [0.4, 0.5) is 9.59 Å². The van der Waals surface area contributed by atoms with Gasteiger partial charge in [-0.05, 0) is 49.2 Å². The molecule has 212 valence electrons. The van der Waals surface area contributed by atoms with Crippen LogP contribution in [0.3, 0.4) is 0 Å². The van der Waals surface area contributed by atoms with Crippen LogP contribution in [0.2, 0.25) is 0 Å². The number of ether oxygens (including phenoxy) is 3. The first kappa shape index (κ1) is 29.7. The summed E-state index contributed by atoms with van der Waals surface area (Å²) < 4.78 is 15.6. The summed E-state index contributed by atoms with van der Waals surface area (Å²) in [5.74, 6) is 0.385. The Morgan fingerprint density at radius 1 is 0.750 bits per heavy atom. The number of rotatable bonds is 15. The van der Waals surface area contributed by atoms with E-state index in [1.807, 2.05) is 6.07 Å². The van der Waals surface area contributed by atoms with Crippen LogP contribution in [-0.4, -0.2) is 55.4 Å². The largest absolute Gasteiger partial charge is 0.462 e. The molecule has 0 aliphatic heterocycles. The monoisotopic (exact) mass is 553 g/mol. The molecular formula is C28H31N3O9. The van der Waals surface area contributed by atoms with Gasteiger partial charge in [-0.25, -0.2) is 19.3 Å². The van der Waals surface area contributed by atoms with E-state index < -0.39 is 30.6 Å². The molecule has 0 aliphatic rings. The maximum Gasteiger partial charge on any atom is 0.451 e. The van der Waals surface area contributed by atoms with E-state index in [1.165, 1.54) is 0 Å². The highest BCUT2D eigenvalue weighted by atomic mass is 17.2. The Labute approximate surface area is 231 Å². The molecule has 0 radical (unpaired) electrons. The SMILES string of the molecule is O=C(NC(CCCNC(O)Oc1ccccc1)C(=O)OCCNC(=O)Oc1ccccc1)OOc1ccccc1. The number of amides is 2. The van der Waals surface area contributed by atoms with Gasteiger partial charge >= 0.3 is 18.2 Å². The summed E-state index contributed by atoms with van der Waals surface area (Å²) in [6.07, 6.45) is -2.51. The lowest BCUT2D eigenvalue weighted by Crippen LogP contribution is -2.44. The molecule has 3 rings (SSSR count). The van der Waals surface area contributed by atoms with Crippen molar-refractivity contribution in [3.05, 3.63) is 91.0 Å². The second-order valence-electron chi connectivity index (χ2n) is 8.14. The molecule has 4 N–H and O–H groups in total. The molecule has 2 atom stereocenters. The number of hydrogen-bond donors (Lipinski definition) is 4. The lowest BCUT2D eigenvalue weighted by molar-refractivity contribution is -0.152. The van der Waals surface area contributed by atoms with Crippen LogP contribution >= 0.6 is 0 Å². The van der Waals surface area contributed by atoms with Gasteiger partial charge in [0.2, 0.25) is 0 Å². The Morgan fingerprint density at radius 2 is 1.35 bits per heavy atom. The molecular weight excluding hydrogens is 522 g/mol. The third kappa shape index (κ3) is 11.7. The molecule has 40 heavy (non-hydrogen) atoms. The highest BCUT2D eigenvalue weighted by Crippen LogP contribution is 2.11. The van der Waals surface area contributed by atoms with Gasteiger partial charge in [-0.15, -0.1) is 0 Å². The van der Waals surface area contributed by atoms with Crippen LogP contribution in [0, 0.1) is 0 Å². The molecule has 0 aliphatic carbocycles. The maximum atomic E-state index is 12.7. The van der Waals surface area contributed by atoms with Crippen LogP contribution in [-0.2, 0) is 14.4 Å². The summed E-state index contributed by atoms with van der Waals surface area (Å²) >= 11 is 0. The fourth-order valence-electron chi connectivity index (χ4n) is 3.22. The number of carbonyl (C=O) groups excluding carboxylic acids is 3. The zero-order valence-corrected chi connectivity index (χ0v) is 21.6. The van der Waals surface area contributed by atoms with Crippen molar-refractivity contribution in [1.29, 1.82) is 0 Å². The van der Waals surface area contributed by atoms with E-state index in [2.05, 4.69) is 16.0 Å². The lowest BCUT2D eigenvalue weighted by Gasteiger charge is -2.18. The first-order chi connectivity index (χ1) is 19.5. The first-order valence-electron chi connectivity index (χ1n) is 12.5. The average molecular weight is 554 g/mol. The summed E-state index contributed by atoms with van der Waals surface area (Å²) in [5.41, 5.74) is 0. The predicted octanol–water partition coefficient (Wildman–Crippen LogP) is 3.13. The zero-order valence-electron chi connectivity index (χ0n) is 21.6. The van der Waals surface area contributed by atoms with Gasteiger partial charge in [-0.1, -0.05) is 54.6 Å². The van der Waals surface area contributed by atoms with E-state index >= 15 is 0 Å². The van der Waals surface area contributed by atoms with Crippen LogP contribution in [0.15, 0.2) is 91.0 Å². The second-order valence-corrected chi connectivity index (χ2v) is 8.14. The summed E-state index contributed by atoms with van der Waals surface area (Å²) in [6.45, 7) is 0.0660. The number of carbonyl (C=O) groups is 3. The number of aliphatic hydroxyl groups is 1. The van der Waals surface area contributed by atoms with Crippen molar-refractivity contribution in [1.82, 2.24) is 16.0 Å². The zero-order chi connectivity index (χ0) is 28.4. The number of benzene rings is 3. The van der Waals surface area contributed by atoms with E-state index in [1.54, 1.807) is 84.9 Å². The van der Waals surface area contributed by atoms with E-state index in [0.717, 1.165) is 0 Å². The first-order valence-corrected chi connectivity index (χ1v) is 12.5. The minimum absolute atomic E-state index is 0.0176. The predicted molar refractivity (Wildman–Crippen MR) is 142 cm³/mol. The van der Waals surface area contributed by atoms with E-state index in [-0.39, 0.29) is 26.1 Å². The molecule has 0 bridgehead atoms. The van der Waals surface area contributed by atoms with E-state index in [0.29, 0.717) is 23.7 Å². The number of nitrogens with one attached hydrogen (secondary N) is 3. The van der Waals surface area contributed by atoms with Crippen molar-refractivity contribution >= 4 is 18.2 Å². The minimum atomic E-state index is -1.27. The number of hydrogen-bond acceptors (Lipinski definition) is 10. The molecule has 0 aromatic heterocycles. The number of para-hydroxylation sites is 3. The van der Waals surface area contributed by atoms with Gasteiger partial charge in [-0.3, -0.25) is 10.2 Å². The van der Waals surface area contributed by atoms with Crippen molar-refractivity contribution < 1.29 is 43.5 Å². The average Bonchev–Trinajstić information content (AvgIpc) is 2.97. The molecule has 2 unspecified atom stereocenters. The Kier molecular flexibility index (Phi) is 12.6. The highest BCUT2D eigenvalue weighted by molar-refractivity contribution is 5.81. The normalized spacial score (nSPS) is 11.8. The number of esters is 1. The van der Waals surface area contributed by atoms with E-state index in [9.17, 15) is 19.5 Å². The van der Waals surface area contributed by atoms with Gasteiger partial charge in [0.15, 0.2) is 5.75 Å². The van der Waals surface area contributed by atoms with Gasteiger partial charge in [0.1, 0.15) is 24.1 Å². The van der Waals surface area contributed by atoms with Crippen molar-refractivity contribution in [2.75, 3.05) is 19.7 Å². The smallest absolute Gasteiger partial charge is 0.451 e. The fraction of sp³-hybridized carbons (Fsp3) is 0.250. The summed E-state index contributed by atoms with van der Waals surface area (Å²) in [5, 5.41) is 17.6. The lowest BCUT2D eigenvalue weighted by atomic mass is 10.1. The molecule has 12 nitrogen and oxygen atoms in total. The third-order valence-electron chi connectivity index (χ3n) is 5.08. The minimum Gasteiger partial charge on any atom is -0.462 e. The molecule has 0 heterocycles. The topological polar surface area (TPSA) is 154 Å².